The van der Waals surface area contributed by atoms with Crippen LogP contribution in [0.2, 0.25) is 0 Å². The van der Waals surface area contributed by atoms with Crippen molar-refractivity contribution >= 4 is 16.1 Å². The number of amides is 1. The summed E-state index contributed by atoms with van der Waals surface area (Å²) in [6, 6.07) is -1.40. The maximum Gasteiger partial charge on any atom is 0.410 e. The second-order valence-electron chi connectivity index (χ2n) is 11.7. The van der Waals surface area contributed by atoms with Gasteiger partial charge in [0.15, 0.2) is 5.82 Å². The highest BCUT2D eigenvalue weighted by atomic mass is 32.2. The first-order chi connectivity index (χ1) is 18.0. The molecule has 3 saturated carbocycles. The Bertz CT molecular complexity index is 1120. The number of hydrogen-bond acceptors (Lipinski definition) is 7. The van der Waals surface area contributed by atoms with Gasteiger partial charge in [-0.1, -0.05) is 13.3 Å². The first kappa shape index (κ1) is 27.6. The summed E-state index contributed by atoms with van der Waals surface area (Å²) in [7, 11) is -3.53. The summed E-state index contributed by atoms with van der Waals surface area (Å²) in [5, 5.41) is 0. The molecule has 4 aliphatic rings. The fourth-order valence-corrected chi connectivity index (χ4v) is 7.81. The number of nitrogens with one attached hydrogen (secondary N) is 1. The molecule has 1 aliphatic heterocycles. The Hall–Kier alpha value is -1.92. The van der Waals surface area contributed by atoms with Crippen LogP contribution >= 0.6 is 0 Å². The van der Waals surface area contributed by atoms with Crippen molar-refractivity contribution in [1.82, 2.24) is 19.6 Å². The second kappa shape index (κ2) is 10.6. The van der Waals surface area contributed by atoms with Crippen molar-refractivity contribution in [1.29, 1.82) is 0 Å². The van der Waals surface area contributed by atoms with Gasteiger partial charge < -0.3 is 9.47 Å². The van der Waals surface area contributed by atoms with Crippen molar-refractivity contribution in [3.05, 3.63) is 24.0 Å². The van der Waals surface area contributed by atoms with Gasteiger partial charge in [-0.15, -0.1) is 0 Å². The number of nitrogens with zero attached hydrogens (tertiary/aromatic N) is 3. The zero-order valence-corrected chi connectivity index (χ0v) is 23.0. The molecule has 8 atom stereocenters. The number of rotatable bonds is 9. The zero-order chi connectivity index (χ0) is 27.2. The predicted octanol–water partition coefficient (Wildman–Crippen LogP) is 3.34. The van der Waals surface area contributed by atoms with Crippen molar-refractivity contribution in [2.45, 2.75) is 94.6 Å². The molecule has 2 heterocycles. The second-order valence-corrected chi connectivity index (χ2v) is 13.5. The van der Waals surface area contributed by atoms with Crippen LogP contribution in [0, 0.1) is 23.6 Å². The average molecular weight is 557 g/mol. The van der Waals surface area contributed by atoms with E-state index in [4.69, 9.17) is 9.47 Å². The molecular formula is C26H38F2N4O5S. The third-order valence-corrected chi connectivity index (χ3v) is 10.1. The summed E-state index contributed by atoms with van der Waals surface area (Å²) in [6.07, 6.45) is 7.00. The summed E-state index contributed by atoms with van der Waals surface area (Å²) >= 11 is 0. The molecule has 0 spiro atoms. The SMILES string of the molecule is C[C@@H]1C[C@H](NS(C)(=O)=O)[C@H](CO[C@H]2CC[C@]3(c4ncc(F)cn4)[C@H](C2)[C@@H]3C)N1C(=O)OCC(F)C1CCC1. The first-order valence-electron chi connectivity index (χ1n) is 13.7. The molecule has 1 unspecified atom stereocenters. The molecule has 212 valence electrons. The maximum atomic E-state index is 14.4. The van der Waals surface area contributed by atoms with Gasteiger partial charge in [0, 0.05) is 17.5 Å². The summed E-state index contributed by atoms with van der Waals surface area (Å²) in [4.78, 5) is 23.1. The minimum absolute atomic E-state index is 0.0545. The Balaban J connectivity index is 1.22. The Kier molecular flexibility index (Phi) is 7.69. The lowest BCUT2D eigenvalue weighted by Crippen LogP contribution is -2.50. The van der Waals surface area contributed by atoms with Gasteiger partial charge in [0.1, 0.15) is 18.6 Å². The van der Waals surface area contributed by atoms with E-state index in [9.17, 15) is 22.0 Å². The molecule has 4 fully saturated rings. The Morgan fingerprint density at radius 3 is 2.55 bits per heavy atom. The number of sulfonamides is 1. The van der Waals surface area contributed by atoms with Crippen LogP contribution in [0.4, 0.5) is 13.6 Å². The number of ether oxygens (including phenoxy) is 2. The van der Waals surface area contributed by atoms with Crippen LogP contribution in [0.25, 0.3) is 0 Å². The standard InChI is InChI=1S/C26H38F2N4O5S/c1-15-9-22(31-38(3,34)35)23(32(15)25(33)37-13-21(28)17-5-4-6-17)14-36-19-7-8-26(16(2)20(26)10-19)24-29-11-18(27)12-30-24/h11-12,15-17,19-23,31H,4-10,13-14H2,1-3H3/t15-,16+,19+,20-,21?,22+,23+,26-/m1/s1. The lowest BCUT2D eigenvalue weighted by atomic mass is 9.82. The first-order valence-corrected chi connectivity index (χ1v) is 15.5. The number of aromatic nitrogens is 2. The van der Waals surface area contributed by atoms with Gasteiger partial charge in [0.2, 0.25) is 10.0 Å². The third-order valence-electron chi connectivity index (χ3n) is 9.40. The van der Waals surface area contributed by atoms with E-state index in [1.165, 1.54) is 17.3 Å². The van der Waals surface area contributed by atoms with E-state index in [0.29, 0.717) is 24.1 Å². The molecule has 1 aromatic rings. The molecule has 0 aromatic carbocycles. The molecule has 5 rings (SSSR count). The number of halogens is 2. The van der Waals surface area contributed by atoms with Gasteiger partial charge in [-0.2, -0.15) is 0 Å². The Labute approximate surface area is 223 Å². The number of carbonyl (C=O) groups is 1. The summed E-state index contributed by atoms with van der Waals surface area (Å²) in [6.45, 7) is 3.84. The third kappa shape index (κ3) is 5.40. The molecular weight excluding hydrogens is 518 g/mol. The molecule has 0 radical (unpaired) electrons. The van der Waals surface area contributed by atoms with Crippen LogP contribution in [0.5, 0.6) is 0 Å². The minimum atomic E-state index is -3.53. The molecule has 1 saturated heterocycles. The van der Waals surface area contributed by atoms with E-state index < -0.39 is 40.2 Å². The monoisotopic (exact) mass is 556 g/mol. The fraction of sp³-hybridized carbons (Fsp3) is 0.808. The molecule has 3 aliphatic carbocycles. The highest BCUT2D eigenvalue weighted by molar-refractivity contribution is 7.88. The van der Waals surface area contributed by atoms with E-state index in [2.05, 4.69) is 21.6 Å². The van der Waals surface area contributed by atoms with Gasteiger partial charge in [-0.05, 0) is 63.2 Å². The highest BCUT2D eigenvalue weighted by Gasteiger charge is 2.66. The van der Waals surface area contributed by atoms with Crippen LogP contribution in [-0.4, -0.2) is 79.2 Å². The maximum absolute atomic E-state index is 14.4. The van der Waals surface area contributed by atoms with Crippen molar-refractivity contribution in [2.24, 2.45) is 17.8 Å². The number of likely N-dealkylation sites (tertiary alicyclic amines) is 1. The molecule has 0 bridgehead atoms. The van der Waals surface area contributed by atoms with Crippen LogP contribution in [0.1, 0.15) is 64.6 Å². The van der Waals surface area contributed by atoms with E-state index in [1.807, 2.05) is 6.92 Å². The number of hydrogen-bond donors (Lipinski definition) is 1. The lowest BCUT2D eigenvalue weighted by molar-refractivity contribution is -0.0162. The topological polar surface area (TPSA) is 111 Å². The van der Waals surface area contributed by atoms with E-state index in [0.717, 1.165) is 44.8 Å². The van der Waals surface area contributed by atoms with E-state index in [-0.39, 0.29) is 36.7 Å². The van der Waals surface area contributed by atoms with E-state index >= 15 is 0 Å². The fourth-order valence-electron chi connectivity index (χ4n) is 7.01. The van der Waals surface area contributed by atoms with Crippen LogP contribution in [0.3, 0.4) is 0 Å². The quantitative estimate of drug-likeness (QED) is 0.497. The number of fused-ring (bicyclic) bond motifs is 1. The number of carbonyl (C=O) groups excluding carboxylic acids is 1. The summed E-state index contributed by atoms with van der Waals surface area (Å²) in [5.41, 5.74) is -0.158. The Morgan fingerprint density at radius 1 is 1.24 bits per heavy atom. The van der Waals surface area contributed by atoms with Crippen molar-refractivity contribution < 1.29 is 31.5 Å². The molecule has 38 heavy (non-hydrogen) atoms. The smallest absolute Gasteiger partial charge is 0.410 e. The van der Waals surface area contributed by atoms with Crippen molar-refractivity contribution in [3.63, 3.8) is 0 Å². The van der Waals surface area contributed by atoms with Gasteiger partial charge in [0.05, 0.1) is 37.4 Å². The van der Waals surface area contributed by atoms with Gasteiger partial charge in [-0.3, -0.25) is 4.90 Å². The van der Waals surface area contributed by atoms with Crippen molar-refractivity contribution in [3.8, 4) is 0 Å². The highest BCUT2D eigenvalue weighted by Crippen LogP contribution is 2.66. The number of alkyl halides is 1. The normalized spacial score (nSPS) is 35.9. The predicted molar refractivity (Wildman–Crippen MR) is 135 cm³/mol. The molecule has 1 amide bonds. The molecule has 9 nitrogen and oxygen atoms in total. The molecule has 12 heteroatoms. The van der Waals surface area contributed by atoms with Crippen LogP contribution in [-0.2, 0) is 24.9 Å². The average Bonchev–Trinajstić information content (AvgIpc) is 3.29. The summed E-state index contributed by atoms with van der Waals surface area (Å²) in [5.74, 6) is 0.833. The van der Waals surface area contributed by atoms with Crippen LogP contribution < -0.4 is 4.72 Å². The molecule has 1 aromatic heterocycles. The van der Waals surface area contributed by atoms with Crippen LogP contribution in [0.15, 0.2) is 12.4 Å². The zero-order valence-electron chi connectivity index (χ0n) is 22.2. The lowest BCUT2D eigenvalue weighted by Gasteiger charge is -2.33. The van der Waals surface area contributed by atoms with E-state index in [1.54, 1.807) is 0 Å². The summed E-state index contributed by atoms with van der Waals surface area (Å²) < 4.78 is 66.2. The van der Waals surface area contributed by atoms with Gasteiger partial charge in [0.25, 0.3) is 0 Å². The minimum Gasteiger partial charge on any atom is -0.446 e. The van der Waals surface area contributed by atoms with Gasteiger partial charge in [-0.25, -0.2) is 36.7 Å². The Morgan fingerprint density at radius 2 is 1.95 bits per heavy atom. The largest absolute Gasteiger partial charge is 0.446 e. The molecule has 1 N–H and O–H groups in total. The van der Waals surface area contributed by atoms with Crippen molar-refractivity contribution in [2.75, 3.05) is 19.5 Å². The van der Waals surface area contributed by atoms with Gasteiger partial charge >= 0.3 is 6.09 Å².